The Morgan fingerprint density at radius 3 is 3.08 bits per heavy atom. The van der Waals surface area contributed by atoms with Gasteiger partial charge in [-0.3, -0.25) is 19.9 Å². The van der Waals surface area contributed by atoms with E-state index in [-0.39, 0.29) is 18.1 Å². The summed E-state index contributed by atoms with van der Waals surface area (Å²) < 4.78 is 5.40. The molecule has 0 saturated carbocycles. The second-order valence-corrected chi connectivity index (χ2v) is 6.37. The first-order chi connectivity index (χ1) is 11.8. The van der Waals surface area contributed by atoms with Crippen LogP contribution < -0.4 is 5.32 Å². The van der Waals surface area contributed by atoms with E-state index in [0.717, 1.165) is 32.8 Å². The summed E-state index contributed by atoms with van der Waals surface area (Å²) in [5.74, 6) is 0.651. The van der Waals surface area contributed by atoms with Gasteiger partial charge in [-0.25, -0.2) is 4.79 Å². The Balaban J connectivity index is 1.42. The molecule has 2 unspecified atom stereocenters. The summed E-state index contributed by atoms with van der Waals surface area (Å²) in [7, 11) is 0. The van der Waals surface area contributed by atoms with Gasteiger partial charge in [0.05, 0.1) is 31.0 Å². The topological polar surface area (TPSA) is 85.8 Å². The first kappa shape index (κ1) is 13.9. The molecule has 2 atom stereocenters. The van der Waals surface area contributed by atoms with Crippen LogP contribution in [0.15, 0.2) is 35.0 Å². The summed E-state index contributed by atoms with van der Waals surface area (Å²) in [6.07, 6.45) is 8.06. The zero-order valence-electron chi connectivity index (χ0n) is 13.1. The number of H-pyrrole nitrogens is 1. The highest BCUT2D eigenvalue weighted by molar-refractivity contribution is 6.18. The highest BCUT2D eigenvalue weighted by Gasteiger charge is 2.44. The molecule has 0 aromatic carbocycles. The van der Waals surface area contributed by atoms with Crippen molar-refractivity contribution in [1.29, 1.82) is 0 Å². The Labute approximate surface area is 138 Å². The first-order valence-electron chi connectivity index (χ1n) is 8.21. The van der Waals surface area contributed by atoms with E-state index >= 15 is 0 Å². The molecular weight excluding hydrogens is 308 g/mol. The molecule has 2 amide bonds. The Hall–Kier alpha value is -2.45. The third-order valence-electron chi connectivity index (χ3n) is 4.86. The lowest BCUT2D eigenvalue weighted by Crippen LogP contribution is -2.49. The van der Waals surface area contributed by atoms with Crippen LogP contribution >= 0.6 is 0 Å². The fraction of sp³-hybridized carbons (Fsp3) is 0.438. The van der Waals surface area contributed by atoms with Crippen LogP contribution in [0.25, 0.3) is 0 Å². The maximum atomic E-state index is 12.5. The number of ether oxygens (including phenoxy) is 1. The first-order valence-corrected chi connectivity index (χ1v) is 8.21. The summed E-state index contributed by atoms with van der Waals surface area (Å²) in [5.41, 5.74) is 2.62. The van der Waals surface area contributed by atoms with Crippen LogP contribution in [-0.2, 0) is 4.74 Å². The number of nitrogens with one attached hydrogen (secondary N) is 2. The summed E-state index contributed by atoms with van der Waals surface area (Å²) >= 11 is 0. The van der Waals surface area contributed by atoms with Crippen LogP contribution in [0.4, 0.5) is 10.5 Å². The van der Waals surface area contributed by atoms with Crippen molar-refractivity contribution >= 4 is 17.6 Å². The molecule has 0 bridgehead atoms. The van der Waals surface area contributed by atoms with Gasteiger partial charge in [0.25, 0.3) is 0 Å². The van der Waals surface area contributed by atoms with Gasteiger partial charge in [-0.15, -0.1) is 0 Å². The predicted molar refractivity (Wildman–Crippen MR) is 88.0 cm³/mol. The third kappa shape index (κ3) is 2.10. The van der Waals surface area contributed by atoms with E-state index in [1.165, 1.54) is 5.57 Å². The number of anilines is 1. The van der Waals surface area contributed by atoms with Crippen LogP contribution in [0.5, 0.6) is 0 Å². The maximum Gasteiger partial charge on any atom is 0.328 e. The fourth-order valence-electron chi connectivity index (χ4n) is 3.66. The number of aromatic amines is 1. The molecule has 0 radical (unpaired) electrons. The second-order valence-electron chi connectivity index (χ2n) is 6.37. The van der Waals surface area contributed by atoms with Gasteiger partial charge in [0.1, 0.15) is 0 Å². The van der Waals surface area contributed by atoms with Crippen molar-refractivity contribution in [3.63, 3.8) is 0 Å². The largest absolute Gasteiger partial charge is 0.379 e. The lowest BCUT2D eigenvalue weighted by molar-refractivity contribution is 0.0425. The molecule has 8 heteroatoms. The molecule has 1 aromatic rings. The normalized spacial score (nSPS) is 28.7. The molecule has 124 valence electrons. The number of fused-ring (bicyclic) bond motifs is 5. The lowest BCUT2D eigenvalue weighted by Gasteiger charge is -2.32. The summed E-state index contributed by atoms with van der Waals surface area (Å²) in [5, 5.41) is 9.89. The number of aromatic nitrogens is 2. The van der Waals surface area contributed by atoms with Crippen LogP contribution in [0, 0.1) is 0 Å². The number of morpholine rings is 1. The third-order valence-corrected chi connectivity index (χ3v) is 4.86. The van der Waals surface area contributed by atoms with Crippen LogP contribution in [0.1, 0.15) is 5.69 Å². The van der Waals surface area contributed by atoms with Crippen molar-refractivity contribution < 1.29 is 9.53 Å². The molecule has 2 N–H and O–H groups in total. The Bertz CT molecular complexity index is 773. The minimum Gasteiger partial charge on any atom is -0.379 e. The molecular formula is C16H18N6O2. The van der Waals surface area contributed by atoms with Gasteiger partial charge in [0.15, 0.2) is 11.5 Å². The number of hydrogen-bond donors (Lipinski definition) is 2. The standard InChI is InChI=1S/C16H18N6O2/c23-16-19-12-8-17-20-14(12)15-18-11-2-1-10(7-13(11)22(15)16)9-21-3-5-24-6-4-21/h1-2,7-8,11,13H,3-6,9H2,(H,17,20)(H,19,23). The Morgan fingerprint density at radius 1 is 1.33 bits per heavy atom. The predicted octanol–water partition coefficient (Wildman–Crippen LogP) is 0.583. The zero-order valence-corrected chi connectivity index (χ0v) is 13.1. The van der Waals surface area contributed by atoms with Crippen molar-refractivity contribution in [2.45, 2.75) is 12.1 Å². The number of amidine groups is 1. The van der Waals surface area contributed by atoms with E-state index in [4.69, 9.17) is 9.73 Å². The molecule has 24 heavy (non-hydrogen) atoms. The van der Waals surface area contributed by atoms with Gasteiger partial charge in [0, 0.05) is 25.8 Å². The maximum absolute atomic E-state index is 12.5. The van der Waals surface area contributed by atoms with Gasteiger partial charge < -0.3 is 10.1 Å². The van der Waals surface area contributed by atoms with E-state index in [2.05, 4.69) is 38.6 Å². The monoisotopic (exact) mass is 326 g/mol. The second kappa shape index (κ2) is 5.29. The highest BCUT2D eigenvalue weighted by Crippen LogP contribution is 2.33. The number of nitrogens with zero attached hydrogens (tertiary/aromatic N) is 4. The number of carbonyl (C=O) groups is 1. The number of carbonyl (C=O) groups excluding carboxylic acids is 1. The van der Waals surface area contributed by atoms with Gasteiger partial charge in [-0.05, 0) is 5.57 Å². The average molecular weight is 326 g/mol. The van der Waals surface area contributed by atoms with E-state index in [9.17, 15) is 4.79 Å². The minimum atomic E-state index is -0.146. The van der Waals surface area contributed by atoms with Crippen molar-refractivity contribution in [3.8, 4) is 0 Å². The van der Waals surface area contributed by atoms with Gasteiger partial charge in [-0.1, -0.05) is 18.2 Å². The van der Waals surface area contributed by atoms with Gasteiger partial charge in [-0.2, -0.15) is 5.10 Å². The number of amides is 2. The minimum absolute atomic E-state index is 0.0400. The molecule has 0 spiro atoms. The molecule has 4 aliphatic rings. The summed E-state index contributed by atoms with van der Waals surface area (Å²) in [4.78, 5) is 21.3. The molecule has 1 aromatic heterocycles. The lowest BCUT2D eigenvalue weighted by atomic mass is 9.97. The van der Waals surface area contributed by atoms with E-state index < -0.39 is 0 Å². The zero-order chi connectivity index (χ0) is 16.1. The molecule has 1 aliphatic carbocycles. The summed E-state index contributed by atoms with van der Waals surface area (Å²) in [6.45, 7) is 4.34. The van der Waals surface area contributed by atoms with Crippen molar-refractivity contribution in [2.75, 3.05) is 38.2 Å². The number of aliphatic imine (C=N–C) groups is 1. The molecule has 5 rings (SSSR count). The molecule has 3 aliphatic heterocycles. The molecule has 1 fully saturated rings. The van der Waals surface area contributed by atoms with Crippen LogP contribution in [0.3, 0.4) is 0 Å². The SMILES string of the molecule is O=C1Nc2c[nH]nc2C2=NC3C=CC(CN4CCOCC4)=CC3N12. The Morgan fingerprint density at radius 2 is 2.21 bits per heavy atom. The molecule has 8 nitrogen and oxygen atoms in total. The van der Waals surface area contributed by atoms with Gasteiger partial charge in [0.2, 0.25) is 0 Å². The van der Waals surface area contributed by atoms with E-state index in [1.54, 1.807) is 11.1 Å². The smallest absolute Gasteiger partial charge is 0.328 e. The van der Waals surface area contributed by atoms with E-state index in [0.29, 0.717) is 17.2 Å². The Kier molecular flexibility index (Phi) is 3.07. The van der Waals surface area contributed by atoms with Crippen LogP contribution in [0.2, 0.25) is 0 Å². The van der Waals surface area contributed by atoms with E-state index in [1.807, 2.05) is 0 Å². The number of urea groups is 1. The molecule has 4 heterocycles. The van der Waals surface area contributed by atoms with Crippen LogP contribution in [-0.4, -0.2) is 76.8 Å². The highest BCUT2D eigenvalue weighted by atomic mass is 16.5. The van der Waals surface area contributed by atoms with Crippen molar-refractivity contribution in [1.82, 2.24) is 20.0 Å². The quantitative estimate of drug-likeness (QED) is 0.832. The number of rotatable bonds is 2. The number of hydrogen-bond acceptors (Lipinski definition) is 5. The molecule has 1 saturated heterocycles. The van der Waals surface area contributed by atoms with Crippen molar-refractivity contribution in [2.24, 2.45) is 4.99 Å². The van der Waals surface area contributed by atoms with Gasteiger partial charge >= 0.3 is 6.03 Å². The average Bonchev–Trinajstić information content (AvgIpc) is 3.19. The fourth-order valence-corrected chi connectivity index (χ4v) is 3.66. The van der Waals surface area contributed by atoms with Crippen molar-refractivity contribution in [3.05, 3.63) is 35.7 Å². The summed E-state index contributed by atoms with van der Waals surface area (Å²) in [6, 6.07) is -0.264.